The molecular weight excluding hydrogens is 242 g/mol. The zero-order valence-electron chi connectivity index (χ0n) is 11.4. The number of nitrogens with one attached hydrogen (secondary N) is 3. The molecule has 0 saturated carbocycles. The van der Waals surface area contributed by atoms with Crippen LogP contribution in [0.15, 0.2) is 30.3 Å². The van der Waals surface area contributed by atoms with Crippen LogP contribution in [-0.4, -0.2) is 18.5 Å². The van der Waals surface area contributed by atoms with Crippen molar-refractivity contribution in [3.05, 3.63) is 35.9 Å². The Morgan fingerprint density at radius 3 is 2.37 bits per heavy atom. The first kappa shape index (κ1) is 15.0. The highest BCUT2D eigenvalue weighted by atomic mass is 16.2. The molecule has 1 aromatic rings. The summed E-state index contributed by atoms with van der Waals surface area (Å²) in [5, 5.41) is 2.62. The van der Waals surface area contributed by atoms with Gasteiger partial charge < -0.3 is 5.32 Å². The normalized spacial score (nSPS) is 11.5. The van der Waals surface area contributed by atoms with Crippen LogP contribution in [-0.2, 0) is 4.79 Å². The number of amides is 3. The second-order valence-corrected chi connectivity index (χ2v) is 4.24. The van der Waals surface area contributed by atoms with Gasteiger partial charge in [-0.15, -0.1) is 0 Å². The summed E-state index contributed by atoms with van der Waals surface area (Å²) < 4.78 is 0. The van der Waals surface area contributed by atoms with Gasteiger partial charge in [0.2, 0.25) is 5.91 Å². The van der Waals surface area contributed by atoms with Crippen molar-refractivity contribution in [2.45, 2.75) is 32.6 Å². The summed E-state index contributed by atoms with van der Waals surface area (Å²) in [6.07, 6.45) is 1.52. The van der Waals surface area contributed by atoms with Crippen LogP contribution in [0.2, 0.25) is 0 Å². The maximum atomic E-state index is 12.0. The molecule has 0 radical (unpaired) electrons. The molecule has 0 fully saturated rings. The average Bonchev–Trinajstić information content (AvgIpc) is 2.45. The molecule has 0 saturated heterocycles. The molecule has 0 aliphatic carbocycles. The standard InChI is InChI=1S/C14H21N3O2/c1-3-10-15-14(19)17-16-13(18)12(4-2)11-8-6-5-7-9-11/h5-9,12H,3-4,10H2,1-2H3,(H,16,18)(H2,15,17,19). The van der Waals surface area contributed by atoms with Gasteiger partial charge in [0.1, 0.15) is 0 Å². The van der Waals surface area contributed by atoms with Crippen molar-refractivity contribution >= 4 is 11.9 Å². The molecule has 1 unspecified atom stereocenters. The second-order valence-electron chi connectivity index (χ2n) is 4.24. The van der Waals surface area contributed by atoms with Crippen LogP contribution in [0, 0.1) is 0 Å². The molecule has 5 nitrogen and oxygen atoms in total. The second kappa shape index (κ2) is 8.13. The van der Waals surface area contributed by atoms with E-state index in [-0.39, 0.29) is 11.8 Å². The van der Waals surface area contributed by atoms with Gasteiger partial charge in [-0.2, -0.15) is 0 Å². The van der Waals surface area contributed by atoms with Gasteiger partial charge in [-0.3, -0.25) is 10.2 Å². The number of urea groups is 1. The molecule has 0 spiro atoms. The number of benzene rings is 1. The van der Waals surface area contributed by atoms with Crippen LogP contribution in [0.1, 0.15) is 38.2 Å². The quantitative estimate of drug-likeness (QED) is 0.710. The lowest BCUT2D eigenvalue weighted by molar-refractivity contribution is -0.123. The summed E-state index contributed by atoms with van der Waals surface area (Å²) in [6, 6.07) is 9.12. The van der Waals surface area contributed by atoms with Gasteiger partial charge in [-0.1, -0.05) is 44.2 Å². The predicted octanol–water partition coefficient (Wildman–Crippen LogP) is 1.92. The Bertz CT molecular complexity index is 406. The van der Waals surface area contributed by atoms with Gasteiger partial charge in [0.25, 0.3) is 0 Å². The maximum Gasteiger partial charge on any atom is 0.333 e. The van der Waals surface area contributed by atoms with E-state index in [0.29, 0.717) is 13.0 Å². The lowest BCUT2D eigenvalue weighted by atomic mass is 9.96. The van der Waals surface area contributed by atoms with E-state index in [9.17, 15) is 9.59 Å². The van der Waals surface area contributed by atoms with Gasteiger partial charge in [0, 0.05) is 6.54 Å². The van der Waals surface area contributed by atoms with Gasteiger partial charge in [0.05, 0.1) is 5.92 Å². The number of rotatable bonds is 5. The monoisotopic (exact) mass is 263 g/mol. The largest absolute Gasteiger partial charge is 0.337 e. The van der Waals surface area contributed by atoms with Gasteiger partial charge in [-0.05, 0) is 18.4 Å². The van der Waals surface area contributed by atoms with E-state index in [1.165, 1.54) is 0 Å². The van der Waals surface area contributed by atoms with Gasteiger partial charge in [-0.25, -0.2) is 10.2 Å². The van der Waals surface area contributed by atoms with Gasteiger partial charge in [0.15, 0.2) is 0 Å². The van der Waals surface area contributed by atoms with E-state index in [1.54, 1.807) is 0 Å². The Balaban J connectivity index is 2.49. The first-order valence-corrected chi connectivity index (χ1v) is 6.57. The summed E-state index contributed by atoms with van der Waals surface area (Å²) in [7, 11) is 0. The van der Waals surface area contributed by atoms with Crippen LogP contribution in [0.4, 0.5) is 4.79 Å². The van der Waals surface area contributed by atoms with Crippen LogP contribution >= 0.6 is 0 Å². The Labute approximate surface area is 113 Å². The molecule has 0 heterocycles. The molecule has 19 heavy (non-hydrogen) atoms. The molecule has 1 rings (SSSR count). The molecular formula is C14H21N3O2. The summed E-state index contributed by atoms with van der Waals surface area (Å²) in [6.45, 7) is 4.48. The van der Waals surface area contributed by atoms with E-state index in [1.807, 2.05) is 44.2 Å². The maximum absolute atomic E-state index is 12.0. The van der Waals surface area contributed by atoms with Crippen molar-refractivity contribution in [2.75, 3.05) is 6.54 Å². The van der Waals surface area contributed by atoms with Crippen molar-refractivity contribution in [3.63, 3.8) is 0 Å². The first-order chi connectivity index (χ1) is 9.19. The molecule has 3 N–H and O–H groups in total. The van der Waals surface area contributed by atoms with E-state index in [0.717, 1.165) is 12.0 Å². The third-order valence-electron chi connectivity index (χ3n) is 2.76. The molecule has 0 bridgehead atoms. The molecule has 1 aromatic carbocycles. The number of carbonyl (C=O) groups excluding carboxylic acids is 2. The fourth-order valence-corrected chi connectivity index (χ4v) is 1.75. The third kappa shape index (κ3) is 4.99. The highest BCUT2D eigenvalue weighted by molar-refractivity contribution is 5.86. The number of hydrazine groups is 1. The first-order valence-electron chi connectivity index (χ1n) is 6.57. The minimum Gasteiger partial charge on any atom is -0.337 e. The van der Waals surface area contributed by atoms with Crippen molar-refractivity contribution in [1.29, 1.82) is 0 Å². The summed E-state index contributed by atoms with van der Waals surface area (Å²) in [5.41, 5.74) is 5.73. The molecule has 0 aliphatic rings. The SMILES string of the molecule is CCCNC(=O)NNC(=O)C(CC)c1ccccc1. The fourth-order valence-electron chi connectivity index (χ4n) is 1.75. The van der Waals surface area contributed by atoms with Gasteiger partial charge >= 0.3 is 6.03 Å². The van der Waals surface area contributed by atoms with Crippen LogP contribution < -0.4 is 16.2 Å². The summed E-state index contributed by atoms with van der Waals surface area (Å²) in [5.74, 6) is -0.465. The fraction of sp³-hybridized carbons (Fsp3) is 0.429. The van der Waals surface area contributed by atoms with Crippen LogP contribution in [0.5, 0.6) is 0 Å². The van der Waals surface area contributed by atoms with Crippen molar-refractivity contribution in [2.24, 2.45) is 0 Å². The highest BCUT2D eigenvalue weighted by Crippen LogP contribution is 2.18. The topological polar surface area (TPSA) is 70.2 Å². The number of carbonyl (C=O) groups is 2. The Morgan fingerprint density at radius 2 is 1.79 bits per heavy atom. The lowest BCUT2D eigenvalue weighted by Crippen LogP contribution is -2.48. The van der Waals surface area contributed by atoms with E-state index in [2.05, 4.69) is 16.2 Å². The molecule has 0 aromatic heterocycles. The van der Waals surface area contributed by atoms with Crippen LogP contribution in [0.25, 0.3) is 0 Å². The number of hydrogen-bond donors (Lipinski definition) is 3. The molecule has 5 heteroatoms. The summed E-state index contributed by atoms with van der Waals surface area (Å²) >= 11 is 0. The zero-order chi connectivity index (χ0) is 14.1. The van der Waals surface area contributed by atoms with Crippen molar-refractivity contribution in [3.8, 4) is 0 Å². The predicted molar refractivity (Wildman–Crippen MR) is 74.4 cm³/mol. The van der Waals surface area contributed by atoms with E-state index < -0.39 is 6.03 Å². The Kier molecular flexibility index (Phi) is 6.43. The van der Waals surface area contributed by atoms with E-state index in [4.69, 9.17) is 0 Å². The lowest BCUT2D eigenvalue weighted by Gasteiger charge is -2.16. The molecule has 1 atom stereocenters. The average molecular weight is 263 g/mol. The van der Waals surface area contributed by atoms with Crippen LogP contribution in [0.3, 0.4) is 0 Å². The van der Waals surface area contributed by atoms with Crippen molar-refractivity contribution < 1.29 is 9.59 Å². The summed E-state index contributed by atoms with van der Waals surface area (Å²) in [4.78, 5) is 23.3. The smallest absolute Gasteiger partial charge is 0.333 e. The van der Waals surface area contributed by atoms with E-state index >= 15 is 0 Å². The molecule has 104 valence electrons. The minimum absolute atomic E-state index is 0.208. The highest BCUT2D eigenvalue weighted by Gasteiger charge is 2.18. The third-order valence-corrected chi connectivity index (χ3v) is 2.76. The van der Waals surface area contributed by atoms with Crippen molar-refractivity contribution in [1.82, 2.24) is 16.2 Å². The zero-order valence-corrected chi connectivity index (χ0v) is 11.4. The minimum atomic E-state index is -0.391. The molecule has 0 aliphatic heterocycles. The number of hydrogen-bond acceptors (Lipinski definition) is 2. The Morgan fingerprint density at radius 1 is 1.11 bits per heavy atom. The Hall–Kier alpha value is -2.04. The molecule has 3 amide bonds.